The fourth-order valence-corrected chi connectivity index (χ4v) is 4.54. The number of ether oxygens (including phenoxy) is 2. The lowest BCUT2D eigenvalue weighted by molar-refractivity contribution is -0.148. The quantitative estimate of drug-likeness (QED) is 0.481. The molecule has 28 heavy (non-hydrogen) atoms. The van der Waals surface area contributed by atoms with Gasteiger partial charge in [0, 0.05) is 31.6 Å². The van der Waals surface area contributed by atoms with Gasteiger partial charge in [-0.1, -0.05) is 0 Å². The number of esters is 1. The van der Waals surface area contributed by atoms with E-state index in [-0.39, 0.29) is 30.9 Å². The van der Waals surface area contributed by atoms with Gasteiger partial charge in [-0.3, -0.25) is 14.4 Å². The van der Waals surface area contributed by atoms with E-state index >= 15 is 0 Å². The van der Waals surface area contributed by atoms with Gasteiger partial charge in [0.25, 0.3) is 11.5 Å². The van der Waals surface area contributed by atoms with Crippen LogP contribution in [0.25, 0.3) is 10.2 Å². The molecule has 2 aromatic heterocycles. The molecule has 152 valence electrons. The molecule has 0 unspecified atom stereocenters. The minimum absolute atomic E-state index is 0.0521. The van der Waals surface area contributed by atoms with Crippen LogP contribution in [0.5, 0.6) is 0 Å². The zero-order chi connectivity index (χ0) is 19.9. The predicted octanol–water partition coefficient (Wildman–Crippen LogP) is 1.49. The van der Waals surface area contributed by atoms with Crippen LogP contribution in [0, 0.1) is 0 Å². The van der Waals surface area contributed by atoms with E-state index in [1.165, 1.54) is 4.88 Å². The standard InChI is InChI=1S/C19H25N3O5S/c1-26-10-4-9-20-15(23)11-27-16(24)8-7-14-21-18(25)17-12-5-2-3-6-13(12)28-19(17)22-14/h2-11H2,1H3,(H,20,23)(H,21,22,25). The number of thiophene rings is 1. The van der Waals surface area contributed by atoms with Crippen LogP contribution in [-0.4, -0.2) is 48.7 Å². The van der Waals surface area contributed by atoms with Gasteiger partial charge in [0.1, 0.15) is 10.7 Å². The molecule has 0 bridgehead atoms. The second kappa shape index (κ2) is 9.79. The first kappa shape index (κ1) is 20.5. The molecule has 0 fully saturated rings. The molecule has 0 saturated carbocycles. The largest absolute Gasteiger partial charge is 0.456 e. The Labute approximate surface area is 166 Å². The van der Waals surface area contributed by atoms with Gasteiger partial charge < -0.3 is 19.8 Å². The predicted molar refractivity (Wildman–Crippen MR) is 106 cm³/mol. The van der Waals surface area contributed by atoms with E-state index in [9.17, 15) is 14.4 Å². The molecule has 1 aliphatic rings. The highest BCUT2D eigenvalue weighted by Crippen LogP contribution is 2.33. The maximum atomic E-state index is 12.5. The molecular formula is C19H25N3O5S. The number of H-pyrrole nitrogens is 1. The summed E-state index contributed by atoms with van der Waals surface area (Å²) in [5.41, 5.74) is 1.01. The minimum Gasteiger partial charge on any atom is -0.456 e. The first-order valence-electron chi connectivity index (χ1n) is 9.53. The van der Waals surface area contributed by atoms with Crippen LogP contribution in [0.1, 0.15) is 41.9 Å². The monoisotopic (exact) mass is 407 g/mol. The van der Waals surface area contributed by atoms with Crippen LogP contribution in [0.15, 0.2) is 4.79 Å². The highest BCUT2D eigenvalue weighted by molar-refractivity contribution is 7.18. The number of rotatable bonds is 9. The van der Waals surface area contributed by atoms with Crippen molar-refractivity contribution in [3.05, 3.63) is 26.6 Å². The second-order valence-electron chi connectivity index (χ2n) is 6.76. The van der Waals surface area contributed by atoms with Crippen molar-refractivity contribution in [2.24, 2.45) is 0 Å². The molecule has 8 nitrogen and oxygen atoms in total. The third-order valence-electron chi connectivity index (χ3n) is 4.65. The van der Waals surface area contributed by atoms with Gasteiger partial charge in [-0.05, 0) is 37.7 Å². The average molecular weight is 407 g/mol. The number of carbonyl (C=O) groups excluding carboxylic acids is 2. The molecule has 0 radical (unpaired) electrons. The Balaban J connectivity index is 1.50. The Kier molecular flexibility index (Phi) is 7.16. The highest BCUT2D eigenvalue weighted by atomic mass is 32.1. The van der Waals surface area contributed by atoms with Crippen LogP contribution in [0.4, 0.5) is 0 Å². The summed E-state index contributed by atoms with van der Waals surface area (Å²) in [5, 5.41) is 3.35. The summed E-state index contributed by atoms with van der Waals surface area (Å²) in [4.78, 5) is 45.2. The molecular weight excluding hydrogens is 382 g/mol. The Morgan fingerprint density at radius 3 is 2.93 bits per heavy atom. The summed E-state index contributed by atoms with van der Waals surface area (Å²) < 4.78 is 9.85. The lowest BCUT2D eigenvalue weighted by atomic mass is 9.97. The van der Waals surface area contributed by atoms with Crippen molar-refractivity contribution in [3.8, 4) is 0 Å². The van der Waals surface area contributed by atoms with Crippen LogP contribution in [0.3, 0.4) is 0 Å². The summed E-state index contributed by atoms with van der Waals surface area (Å²) in [5.74, 6) is -0.376. The average Bonchev–Trinajstić information content (AvgIpc) is 3.07. The molecule has 9 heteroatoms. The Hall–Kier alpha value is -2.26. The van der Waals surface area contributed by atoms with Gasteiger partial charge in [-0.25, -0.2) is 4.98 Å². The maximum absolute atomic E-state index is 12.5. The Morgan fingerprint density at radius 2 is 2.11 bits per heavy atom. The molecule has 0 aromatic carbocycles. The van der Waals surface area contributed by atoms with Crippen molar-refractivity contribution in [1.82, 2.24) is 15.3 Å². The van der Waals surface area contributed by atoms with E-state index in [2.05, 4.69) is 15.3 Å². The number of methoxy groups -OCH3 is 1. The number of hydrogen-bond acceptors (Lipinski definition) is 7. The molecule has 0 spiro atoms. The topological polar surface area (TPSA) is 110 Å². The van der Waals surface area contributed by atoms with E-state index in [1.54, 1.807) is 18.4 Å². The maximum Gasteiger partial charge on any atom is 0.306 e. The van der Waals surface area contributed by atoms with Gasteiger partial charge >= 0.3 is 5.97 Å². The van der Waals surface area contributed by atoms with E-state index in [1.807, 2.05) is 0 Å². The van der Waals surface area contributed by atoms with E-state index in [0.717, 1.165) is 36.1 Å². The highest BCUT2D eigenvalue weighted by Gasteiger charge is 2.20. The molecule has 0 saturated heterocycles. The zero-order valence-corrected chi connectivity index (χ0v) is 16.8. The van der Waals surface area contributed by atoms with E-state index in [4.69, 9.17) is 9.47 Å². The van der Waals surface area contributed by atoms with Crippen LogP contribution in [0.2, 0.25) is 0 Å². The third kappa shape index (κ3) is 5.17. The second-order valence-corrected chi connectivity index (χ2v) is 7.84. The number of carbonyl (C=O) groups is 2. The number of hydrogen-bond donors (Lipinski definition) is 2. The van der Waals surface area contributed by atoms with Gasteiger partial charge in [-0.2, -0.15) is 0 Å². The van der Waals surface area contributed by atoms with Crippen molar-refractivity contribution >= 4 is 33.4 Å². The molecule has 2 aromatic rings. The SMILES string of the molecule is COCCCNC(=O)COC(=O)CCc1nc2sc3c(c2c(=O)[nH]1)CCCC3. The molecule has 0 aliphatic heterocycles. The molecule has 1 amide bonds. The molecule has 0 atom stereocenters. The fourth-order valence-electron chi connectivity index (χ4n) is 3.26. The van der Waals surface area contributed by atoms with Crippen LogP contribution < -0.4 is 10.9 Å². The van der Waals surface area contributed by atoms with Crippen molar-refractivity contribution in [1.29, 1.82) is 0 Å². The lowest BCUT2D eigenvalue weighted by Crippen LogP contribution is -2.30. The van der Waals surface area contributed by atoms with Crippen molar-refractivity contribution in [2.75, 3.05) is 26.9 Å². The Morgan fingerprint density at radius 1 is 1.29 bits per heavy atom. The summed E-state index contributed by atoms with van der Waals surface area (Å²) in [6, 6.07) is 0. The first-order chi connectivity index (χ1) is 13.6. The Bertz CT molecular complexity index is 905. The number of nitrogens with zero attached hydrogens (tertiary/aromatic N) is 1. The summed E-state index contributed by atoms with van der Waals surface area (Å²) in [6.07, 6.45) is 5.20. The number of nitrogens with one attached hydrogen (secondary N) is 2. The fraction of sp³-hybridized carbons (Fsp3) is 0.579. The van der Waals surface area contributed by atoms with Crippen LogP contribution >= 0.6 is 11.3 Å². The molecule has 1 aliphatic carbocycles. The van der Waals surface area contributed by atoms with Gasteiger partial charge in [-0.15, -0.1) is 11.3 Å². The third-order valence-corrected chi connectivity index (χ3v) is 5.84. The number of amides is 1. The molecule has 3 rings (SSSR count). The summed E-state index contributed by atoms with van der Waals surface area (Å²) in [7, 11) is 1.59. The smallest absolute Gasteiger partial charge is 0.306 e. The van der Waals surface area contributed by atoms with Crippen LogP contribution in [-0.2, 0) is 38.3 Å². The minimum atomic E-state index is -0.500. The molecule has 2 N–H and O–H groups in total. The van der Waals surface area contributed by atoms with E-state index in [0.29, 0.717) is 30.8 Å². The lowest BCUT2D eigenvalue weighted by Gasteiger charge is -2.09. The summed E-state index contributed by atoms with van der Waals surface area (Å²) >= 11 is 1.58. The zero-order valence-electron chi connectivity index (χ0n) is 16.0. The van der Waals surface area contributed by atoms with Crippen molar-refractivity contribution < 1.29 is 19.1 Å². The first-order valence-corrected chi connectivity index (χ1v) is 10.3. The summed E-state index contributed by atoms with van der Waals surface area (Å²) in [6.45, 7) is 0.718. The normalized spacial score (nSPS) is 13.3. The number of fused-ring (bicyclic) bond motifs is 3. The van der Waals surface area contributed by atoms with Crippen molar-refractivity contribution in [3.63, 3.8) is 0 Å². The van der Waals surface area contributed by atoms with Gasteiger partial charge in [0.15, 0.2) is 6.61 Å². The number of aromatic amines is 1. The van der Waals surface area contributed by atoms with Gasteiger partial charge in [0.05, 0.1) is 11.8 Å². The van der Waals surface area contributed by atoms with Crippen molar-refractivity contribution in [2.45, 2.75) is 44.9 Å². The van der Waals surface area contributed by atoms with Gasteiger partial charge in [0.2, 0.25) is 0 Å². The number of aryl methyl sites for hydroxylation is 3. The van der Waals surface area contributed by atoms with E-state index < -0.39 is 5.97 Å². The molecule has 2 heterocycles. The number of aromatic nitrogens is 2.